The van der Waals surface area contributed by atoms with Crippen LogP contribution in [0, 0.1) is 5.82 Å². The summed E-state index contributed by atoms with van der Waals surface area (Å²) in [4.78, 5) is 16.4. The maximum atomic E-state index is 13.1. The van der Waals surface area contributed by atoms with Crippen molar-refractivity contribution >= 4 is 17.6 Å². The topological polar surface area (TPSA) is 35.6 Å². The zero-order chi connectivity index (χ0) is 17.6. The Hall–Kier alpha value is -2.11. The second kappa shape index (κ2) is 8.32. The van der Waals surface area contributed by atoms with Crippen molar-refractivity contribution in [2.75, 3.05) is 26.2 Å². The lowest BCUT2D eigenvalue weighted by atomic mass is 10.2. The molecule has 2 aromatic carbocycles. The van der Waals surface area contributed by atoms with E-state index in [-0.39, 0.29) is 11.1 Å². The molecule has 1 aliphatic rings. The Morgan fingerprint density at radius 2 is 1.76 bits per heavy atom. The third kappa shape index (κ3) is 4.94. The summed E-state index contributed by atoms with van der Waals surface area (Å²) in [6.45, 7) is 4.34. The molecule has 4 nitrogen and oxygen atoms in total. The largest absolute Gasteiger partial charge is 0.334 e. The van der Waals surface area contributed by atoms with Crippen molar-refractivity contribution in [3.05, 3.63) is 70.5 Å². The molecule has 0 saturated carbocycles. The van der Waals surface area contributed by atoms with Crippen LogP contribution < -0.4 is 5.32 Å². The van der Waals surface area contributed by atoms with Gasteiger partial charge in [-0.25, -0.2) is 9.18 Å². The Labute approximate surface area is 152 Å². The summed E-state index contributed by atoms with van der Waals surface area (Å²) < 4.78 is 13.1. The minimum Gasteiger partial charge on any atom is -0.334 e. The Morgan fingerprint density at radius 1 is 1.04 bits per heavy atom. The first-order valence-electron chi connectivity index (χ1n) is 8.35. The van der Waals surface area contributed by atoms with Gasteiger partial charge in [-0.3, -0.25) is 4.90 Å². The fourth-order valence-corrected chi connectivity index (χ4v) is 3.09. The zero-order valence-corrected chi connectivity index (χ0v) is 14.7. The van der Waals surface area contributed by atoms with Gasteiger partial charge in [-0.1, -0.05) is 48.0 Å². The van der Waals surface area contributed by atoms with E-state index in [9.17, 15) is 9.18 Å². The number of urea groups is 1. The molecule has 2 amide bonds. The molecule has 25 heavy (non-hydrogen) atoms. The summed E-state index contributed by atoms with van der Waals surface area (Å²) in [5.74, 6) is -0.453. The Kier molecular flexibility index (Phi) is 5.89. The molecule has 132 valence electrons. The van der Waals surface area contributed by atoms with E-state index in [0.29, 0.717) is 19.6 Å². The molecule has 3 rings (SSSR count). The summed E-state index contributed by atoms with van der Waals surface area (Å²) in [5, 5.41) is 2.94. The van der Waals surface area contributed by atoms with E-state index in [2.05, 4.69) is 22.3 Å². The van der Waals surface area contributed by atoms with Crippen LogP contribution in [-0.2, 0) is 13.1 Å². The molecule has 0 radical (unpaired) electrons. The third-order valence-corrected chi connectivity index (χ3v) is 4.63. The number of rotatable bonds is 4. The standard InChI is InChI=1S/C19H21ClFN3O/c20-17-12-16(6-7-18(17)21)13-22-19(25)24-10-8-23(9-11-24)14-15-4-2-1-3-5-15/h1-7,12H,8-11,13-14H2,(H,22,25). The van der Waals surface area contributed by atoms with Gasteiger partial charge in [0, 0.05) is 39.3 Å². The third-order valence-electron chi connectivity index (χ3n) is 4.34. The fraction of sp³-hybridized carbons (Fsp3) is 0.316. The quantitative estimate of drug-likeness (QED) is 0.904. The van der Waals surface area contributed by atoms with Gasteiger partial charge in [0.05, 0.1) is 5.02 Å². The SMILES string of the molecule is O=C(NCc1ccc(F)c(Cl)c1)N1CCN(Cc2ccccc2)CC1. The number of nitrogens with one attached hydrogen (secondary N) is 1. The van der Waals surface area contributed by atoms with Crippen LogP contribution >= 0.6 is 11.6 Å². The number of piperazine rings is 1. The molecular weight excluding hydrogens is 341 g/mol. The smallest absolute Gasteiger partial charge is 0.317 e. The van der Waals surface area contributed by atoms with E-state index < -0.39 is 5.82 Å². The average molecular weight is 362 g/mol. The molecule has 0 unspecified atom stereocenters. The van der Waals surface area contributed by atoms with Gasteiger partial charge in [-0.05, 0) is 23.3 Å². The van der Waals surface area contributed by atoms with Crippen molar-refractivity contribution in [3.63, 3.8) is 0 Å². The van der Waals surface area contributed by atoms with Gasteiger partial charge in [0.2, 0.25) is 0 Å². The lowest BCUT2D eigenvalue weighted by Gasteiger charge is -2.34. The number of benzene rings is 2. The van der Waals surface area contributed by atoms with Crippen molar-refractivity contribution in [2.24, 2.45) is 0 Å². The second-order valence-electron chi connectivity index (χ2n) is 6.16. The van der Waals surface area contributed by atoms with E-state index in [4.69, 9.17) is 11.6 Å². The highest BCUT2D eigenvalue weighted by Gasteiger charge is 2.20. The van der Waals surface area contributed by atoms with Crippen molar-refractivity contribution in [3.8, 4) is 0 Å². The van der Waals surface area contributed by atoms with Gasteiger partial charge >= 0.3 is 6.03 Å². The first-order valence-corrected chi connectivity index (χ1v) is 8.72. The van der Waals surface area contributed by atoms with Gasteiger partial charge in [-0.15, -0.1) is 0 Å². The van der Waals surface area contributed by atoms with Gasteiger partial charge < -0.3 is 10.2 Å². The molecule has 1 N–H and O–H groups in total. The summed E-state index contributed by atoms with van der Waals surface area (Å²) in [6.07, 6.45) is 0. The molecular formula is C19H21ClFN3O. The number of carbonyl (C=O) groups is 1. The van der Waals surface area contributed by atoms with Crippen molar-refractivity contribution in [1.82, 2.24) is 15.1 Å². The number of halogens is 2. The highest BCUT2D eigenvalue weighted by Crippen LogP contribution is 2.16. The zero-order valence-electron chi connectivity index (χ0n) is 13.9. The van der Waals surface area contributed by atoms with Gasteiger partial charge in [-0.2, -0.15) is 0 Å². The molecule has 6 heteroatoms. The minimum atomic E-state index is -0.453. The highest BCUT2D eigenvalue weighted by atomic mass is 35.5. The Bertz CT molecular complexity index is 718. The van der Waals surface area contributed by atoms with Gasteiger partial charge in [0.15, 0.2) is 0 Å². The first-order chi connectivity index (χ1) is 12.1. The van der Waals surface area contributed by atoms with Crippen molar-refractivity contribution in [2.45, 2.75) is 13.1 Å². The first kappa shape index (κ1) is 17.7. The van der Waals surface area contributed by atoms with Crippen LogP contribution in [-0.4, -0.2) is 42.0 Å². The van der Waals surface area contributed by atoms with Gasteiger partial charge in [0.1, 0.15) is 5.82 Å². The van der Waals surface area contributed by atoms with Crippen LogP contribution in [0.15, 0.2) is 48.5 Å². The number of hydrogen-bond acceptors (Lipinski definition) is 2. The Balaban J connectivity index is 1.44. The minimum absolute atomic E-state index is 0.0706. The predicted molar refractivity (Wildman–Crippen MR) is 96.9 cm³/mol. The predicted octanol–water partition coefficient (Wildman–Crippen LogP) is 3.51. The maximum Gasteiger partial charge on any atom is 0.317 e. The number of carbonyl (C=O) groups excluding carboxylic acids is 1. The summed E-state index contributed by atoms with van der Waals surface area (Å²) in [6, 6.07) is 14.7. The average Bonchev–Trinajstić information content (AvgIpc) is 2.64. The molecule has 1 saturated heterocycles. The number of nitrogens with zero attached hydrogens (tertiary/aromatic N) is 2. The molecule has 0 spiro atoms. The fourth-order valence-electron chi connectivity index (χ4n) is 2.89. The molecule has 1 heterocycles. The van der Waals surface area contributed by atoms with Crippen LogP contribution in [0.3, 0.4) is 0 Å². The molecule has 0 aromatic heterocycles. The molecule has 2 aromatic rings. The lowest BCUT2D eigenvalue weighted by Crippen LogP contribution is -2.51. The lowest BCUT2D eigenvalue weighted by molar-refractivity contribution is 0.135. The van der Waals surface area contributed by atoms with E-state index in [0.717, 1.165) is 25.2 Å². The van der Waals surface area contributed by atoms with E-state index in [1.165, 1.54) is 17.7 Å². The number of hydrogen-bond donors (Lipinski definition) is 1. The molecule has 0 atom stereocenters. The van der Waals surface area contributed by atoms with Crippen LogP contribution in [0.5, 0.6) is 0 Å². The second-order valence-corrected chi connectivity index (χ2v) is 6.56. The van der Waals surface area contributed by atoms with E-state index >= 15 is 0 Å². The van der Waals surface area contributed by atoms with Crippen LogP contribution in [0.25, 0.3) is 0 Å². The maximum absolute atomic E-state index is 13.1. The normalized spacial score (nSPS) is 15.2. The molecule has 0 bridgehead atoms. The molecule has 1 fully saturated rings. The van der Waals surface area contributed by atoms with Crippen molar-refractivity contribution in [1.29, 1.82) is 0 Å². The Morgan fingerprint density at radius 3 is 2.44 bits per heavy atom. The van der Waals surface area contributed by atoms with Crippen LogP contribution in [0.4, 0.5) is 9.18 Å². The molecule has 0 aliphatic carbocycles. The summed E-state index contributed by atoms with van der Waals surface area (Å²) in [7, 11) is 0. The van der Waals surface area contributed by atoms with E-state index in [1.807, 2.05) is 23.1 Å². The van der Waals surface area contributed by atoms with Crippen LogP contribution in [0.2, 0.25) is 5.02 Å². The van der Waals surface area contributed by atoms with Crippen molar-refractivity contribution < 1.29 is 9.18 Å². The van der Waals surface area contributed by atoms with Crippen LogP contribution in [0.1, 0.15) is 11.1 Å². The summed E-state index contributed by atoms with van der Waals surface area (Å²) >= 11 is 5.76. The summed E-state index contributed by atoms with van der Waals surface area (Å²) in [5.41, 5.74) is 2.07. The highest BCUT2D eigenvalue weighted by molar-refractivity contribution is 6.30. The number of amides is 2. The van der Waals surface area contributed by atoms with Gasteiger partial charge in [0.25, 0.3) is 0 Å². The monoisotopic (exact) mass is 361 g/mol. The van der Waals surface area contributed by atoms with E-state index in [1.54, 1.807) is 6.07 Å². The molecule has 1 aliphatic heterocycles.